The molecule has 6 nitrogen and oxygen atoms in total. The van der Waals surface area contributed by atoms with E-state index in [9.17, 15) is 19.8 Å². The number of ether oxygens (including phenoxy) is 1. The van der Waals surface area contributed by atoms with E-state index in [4.69, 9.17) is 4.74 Å². The van der Waals surface area contributed by atoms with Crippen molar-refractivity contribution in [1.29, 1.82) is 0 Å². The molecular formula is C53H99NO5. The van der Waals surface area contributed by atoms with E-state index >= 15 is 0 Å². The molecule has 0 heterocycles. The van der Waals surface area contributed by atoms with E-state index in [0.717, 1.165) is 70.6 Å². The Hall–Kier alpha value is -1.92. The van der Waals surface area contributed by atoms with Crippen molar-refractivity contribution >= 4 is 11.9 Å². The van der Waals surface area contributed by atoms with E-state index in [1.54, 1.807) is 0 Å². The second-order valence-corrected chi connectivity index (χ2v) is 17.6. The molecule has 3 N–H and O–H groups in total. The minimum Gasteiger partial charge on any atom is -0.462 e. The first-order chi connectivity index (χ1) is 29.0. The van der Waals surface area contributed by atoms with Gasteiger partial charge in [0.1, 0.15) is 6.10 Å². The molecule has 0 aliphatic rings. The average Bonchev–Trinajstić information content (AvgIpc) is 3.23. The molecule has 0 aromatic carbocycles. The van der Waals surface area contributed by atoms with Gasteiger partial charge in [-0.1, -0.05) is 243 Å². The van der Waals surface area contributed by atoms with E-state index in [2.05, 4.69) is 56.5 Å². The van der Waals surface area contributed by atoms with Gasteiger partial charge in [0, 0.05) is 6.42 Å². The van der Waals surface area contributed by atoms with Crippen molar-refractivity contribution in [1.82, 2.24) is 5.32 Å². The van der Waals surface area contributed by atoms with E-state index in [-0.39, 0.29) is 24.9 Å². The van der Waals surface area contributed by atoms with E-state index in [1.165, 1.54) is 148 Å². The summed E-state index contributed by atoms with van der Waals surface area (Å²) in [5.74, 6) is -0.499. The lowest BCUT2D eigenvalue weighted by Crippen LogP contribution is -2.46. The van der Waals surface area contributed by atoms with Crippen molar-refractivity contribution in [2.24, 2.45) is 0 Å². The third kappa shape index (κ3) is 42.6. The maximum atomic E-state index is 13.2. The third-order valence-electron chi connectivity index (χ3n) is 11.8. The smallest absolute Gasteiger partial charge is 0.306 e. The zero-order valence-corrected chi connectivity index (χ0v) is 39.4. The van der Waals surface area contributed by atoms with Crippen LogP contribution in [0, 0.1) is 0 Å². The van der Waals surface area contributed by atoms with Crippen LogP contribution in [0.2, 0.25) is 0 Å². The Labute approximate surface area is 366 Å². The average molecular weight is 830 g/mol. The second-order valence-electron chi connectivity index (χ2n) is 17.6. The number of aliphatic hydroxyl groups is 2. The van der Waals surface area contributed by atoms with Gasteiger partial charge in [0.25, 0.3) is 0 Å². The molecule has 0 bridgehead atoms. The molecular weight excluding hydrogens is 731 g/mol. The van der Waals surface area contributed by atoms with E-state index in [1.807, 2.05) is 6.08 Å². The van der Waals surface area contributed by atoms with Crippen LogP contribution in [0.25, 0.3) is 0 Å². The minimum atomic E-state index is -0.794. The summed E-state index contributed by atoms with van der Waals surface area (Å²) in [6.07, 6.45) is 54.9. The van der Waals surface area contributed by atoms with Gasteiger partial charge in [-0.25, -0.2) is 0 Å². The van der Waals surface area contributed by atoms with Crippen LogP contribution in [0.1, 0.15) is 265 Å². The predicted molar refractivity (Wildman–Crippen MR) is 255 cm³/mol. The van der Waals surface area contributed by atoms with Crippen LogP contribution in [0.15, 0.2) is 36.5 Å². The molecule has 6 heteroatoms. The van der Waals surface area contributed by atoms with Crippen LogP contribution in [0.4, 0.5) is 0 Å². The fourth-order valence-corrected chi connectivity index (χ4v) is 7.90. The highest BCUT2D eigenvalue weighted by Crippen LogP contribution is 2.18. The summed E-state index contributed by atoms with van der Waals surface area (Å²) in [4.78, 5) is 26.1. The van der Waals surface area contributed by atoms with Gasteiger partial charge in [-0.3, -0.25) is 9.59 Å². The molecule has 0 spiro atoms. The summed E-state index contributed by atoms with van der Waals surface area (Å²) < 4.78 is 5.91. The highest BCUT2D eigenvalue weighted by atomic mass is 16.5. The number of aliphatic hydroxyl groups excluding tert-OH is 2. The Bertz CT molecular complexity index is 977. The van der Waals surface area contributed by atoms with E-state index < -0.39 is 18.2 Å². The van der Waals surface area contributed by atoms with Gasteiger partial charge in [0.05, 0.1) is 25.2 Å². The molecule has 0 saturated carbocycles. The molecule has 0 fully saturated rings. The van der Waals surface area contributed by atoms with Gasteiger partial charge in [-0.05, 0) is 44.9 Å². The molecule has 1 amide bonds. The number of allylic oxidation sites excluding steroid dienone is 6. The third-order valence-corrected chi connectivity index (χ3v) is 11.8. The molecule has 3 atom stereocenters. The molecule has 59 heavy (non-hydrogen) atoms. The van der Waals surface area contributed by atoms with E-state index in [0.29, 0.717) is 19.3 Å². The number of hydrogen-bond donors (Lipinski definition) is 3. The van der Waals surface area contributed by atoms with Gasteiger partial charge in [-0.15, -0.1) is 0 Å². The molecule has 346 valence electrons. The number of unbranched alkanes of at least 4 members (excludes halogenated alkanes) is 30. The lowest BCUT2D eigenvalue weighted by molar-refractivity contribution is -0.151. The van der Waals surface area contributed by atoms with Gasteiger partial charge >= 0.3 is 5.97 Å². The maximum absolute atomic E-state index is 13.2. The fraction of sp³-hybridized carbons (Fsp3) is 0.849. The lowest BCUT2D eigenvalue weighted by Gasteiger charge is -2.24. The van der Waals surface area contributed by atoms with Crippen LogP contribution in [-0.4, -0.2) is 46.9 Å². The van der Waals surface area contributed by atoms with Gasteiger partial charge in [0.2, 0.25) is 5.91 Å². The van der Waals surface area contributed by atoms with Crippen LogP contribution < -0.4 is 5.32 Å². The Morgan fingerprint density at radius 2 is 0.915 bits per heavy atom. The zero-order valence-electron chi connectivity index (χ0n) is 39.4. The summed E-state index contributed by atoms with van der Waals surface area (Å²) >= 11 is 0. The Balaban J connectivity index is 4.52. The van der Waals surface area contributed by atoms with Crippen LogP contribution in [-0.2, 0) is 14.3 Å². The van der Waals surface area contributed by atoms with Gasteiger partial charge in [-0.2, -0.15) is 0 Å². The van der Waals surface area contributed by atoms with Crippen molar-refractivity contribution in [3.05, 3.63) is 36.5 Å². The first-order valence-corrected chi connectivity index (χ1v) is 25.7. The molecule has 0 rings (SSSR count). The SMILES string of the molecule is CC/C=C/C=C/C=C\CCCCCC(CC(=O)NC(CO)C(O)CCCCCCCCCCCCCCCCC)OC(=O)CCCCCCCCCCCCCCCC. The molecule has 0 saturated heterocycles. The number of esters is 1. The second kappa shape index (κ2) is 47.1. The van der Waals surface area contributed by atoms with Crippen LogP contribution in [0.3, 0.4) is 0 Å². The van der Waals surface area contributed by atoms with Crippen LogP contribution in [0.5, 0.6) is 0 Å². The van der Waals surface area contributed by atoms with Gasteiger partial charge in [0.15, 0.2) is 0 Å². The number of carbonyl (C=O) groups excluding carboxylic acids is 2. The van der Waals surface area contributed by atoms with Crippen molar-refractivity contribution in [3.8, 4) is 0 Å². The van der Waals surface area contributed by atoms with Gasteiger partial charge < -0.3 is 20.3 Å². The standard InChI is InChI=1S/C53H99NO5/c1-4-7-10-13-16-19-22-24-26-27-30-33-36-39-42-45-51(56)50(48-55)54-52(57)47-49(44-41-38-35-32-29-21-18-15-12-9-6-3)59-53(58)46-43-40-37-34-31-28-25-23-20-17-14-11-8-5-2/h9,12,15,18,21,29,49-51,55-56H,4-8,10-11,13-14,16-17,19-20,22-28,30-48H2,1-3H3,(H,54,57)/b12-9+,18-15+,29-21-. The molecule has 0 aromatic rings. The van der Waals surface area contributed by atoms with Crippen molar-refractivity contribution in [2.75, 3.05) is 6.61 Å². The number of rotatable bonds is 46. The number of carbonyl (C=O) groups is 2. The summed E-state index contributed by atoms with van der Waals surface area (Å²) in [6, 6.07) is -0.709. The fourth-order valence-electron chi connectivity index (χ4n) is 7.90. The minimum absolute atomic E-state index is 0.0582. The van der Waals surface area contributed by atoms with Crippen molar-refractivity contribution in [2.45, 2.75) is 283 Å². The first-order valence-electron chi connectivity index (χ1n) is 25.7. The Kier molecular flexibility index (Phi) is 45.6. The van der Waals surface area contributed by atoms with Crippen molar-refractivity contribution in [3.63, 3.8) is 0 Å². The number of nitrogens with one attached hydrogen (secondary N) is 1. The highest BCUT2D eigenvalue weighted by molar-refractivity contribution is 5.77. The summed E-state index contributed by atoms with van der Waals surface area (Å²) in [7, 11) is 0. The highest BCUT2D eigenvalue weighted by Gasteiger charge is 2.24. The normalized spacial score (nSPS) is 13.5. The van der Waals surface area contributed by atoms with Crippen LogP contribution >= 0.6 is 0 Å². The maximum Gasteiger partial charge on any atom is 0.306 e. The first kappa shape index (κ1) is 57.1. The number of amides is 1. The summed E-state index contributed by atoms with van der Waals surface area (Å²) in [5, 5.41) is 23.8. The molecule has 3 unspecified atom stereocenters. The molecule has 0 aliphatic heterocycles. The predicted octanol–water partition coefficient (Wildman–Crippen LogP) is 15.3. The largest absolute Gasteiger partial charge is 0.462 e. The zero-order chi connectivity index (χ0) is 43.1. The Morgan fingerprint density at radius 1 is 0.508 bits per heavy atom. The lowest BCUT2D eigenvalue weighted by atomic mass is 10.0. The quantitative estimate of drug-likeness (QED) is 0.0323. The molecule has 0 aliphatic carbocycles. The summed E-state index contributed by atoms with van der Waals surface area (Å²) in [6.45, 7) is 6.35. The monoisotopic (exact) mass is 830 g/mol. The topological polar surface area (TPSA) is 95.9 Å². The van der Waals surface area contributed by atoms with Crippen molar-refractivity contribution < 1.29 is 24.5 Å². The summed E-state index contributed by atoms with van der Waals surface area (Å²) in [5.41, 5.74) is 0. The Morgan fingerprint density at radius 3 is 1.37 bits per heavy atom. The molecule has 0 radical (unpaired) electrons. The molecule has 0 aromatic heterocycles. The number of hydrogen-bond acceptors (Lipinski definition) is 5.